The highest BCUT2D eigenvalue weighted by Crippen LogP contribution is 2.42. The van der Waals surface area contributed by atoms with Crippen LogP contribution in [0.4, 0.5) is 14.5 Å². The number of imidazole rings is 1. The highest BCUT2D eigenvalue weighted by Gasteiger charge is 2.38. The number of carbonyl (C=O) groups is 1. The summed E-state index contributed by atoms with van der Waals surface area (Å²) < 4.78 is 41.2. The number of nitrogens with zero attached hydrogens (tertiary/aromatic N) is 4. The van der Waals surface area contributed by atoms with Crippen LogP contribution >= 0.6 is 0 Å². The summed E-state index contributed by atoms with van der Waals surface area (Å²) >= 11 is 0. The number of methoxy groups -OCH3 is 1. The SMILES string of the molecule is CO[C@H]1CC[C@@H](n2c([C@@H]3CCC(=O)N3c3ccc(F)c(F)c3)nc3cc(-c4c(C)noc4C)ccc32)CC1. The quantitative estimate of drug-likeness (QED) is 0.297. The Bertz CT molecular complexity index is 1500. The minimum Gasteiger partial charge on any atom is -0.381 e. The Hall–Kier alpha value is -3.59. The second-order valence-corrected chi connectivity index (χ2v) is 10.3. The predicted octanol–water partition coefficient (Wildman–Crippen LogP) is 6.58. The van der Waals surface area contributed by atoms with Crippen molar-refractivity contribution in [2.45, 2.75) is 70.6 Å². The van der Waals surface area contributed by atoms with Crippen molar-refractivity contribution in [3.8, 4) is 11.1 Å². The van der Waals surface area contributed by atoms with Gasteiger partial charge in [-0.25, -0.2) is 13.8 Å². The highest BCUT2D eigenvalue weighted by molar-refractivity contribution is 5.96. The molecule has 3 heterocycles. The van der Waals surface area contributed by atoms with Crippen molar-refractivity contribution in [1.29, 1.82) is 0 Å². The van der Waals surface area contributed by atoms with E-state index in [-0.39, 0.29) is 24.1 Å². The maximum Gasteiger partial charge on any atom is 0.227 e. The Balaban J connectivity index is 1.49. The van der Waals surface area contributed by atoms with E-state index in [4.69, 9.17) is 14.2 Å². The van der Waals surface area contributed by atoms with Gasteiger partial charge < -0.3 is 18.7 Å². The number of benzene rings is 2. The van der Waals surface area contributed by atoms with E-state index in [2.05, 4.69) is 21.9 Å². The predicted molar refractivity (Wildman–Crippen MR) is 139 cm³/mol. The van der Waals surface area contributed by atoms with Gasteiger partial charge >= 0.3 is 0 Å². The van der Waals surface area contributed by atoms with Gasteiger partial charge in [0.05, 0.1) is 28.9 Å². The molecule has 0 unspecified atom stereocenters. The highest BCUT2D eigenvalue weighted by atomic mass is 19.2. The van der Waals surface area contributed by atoms with Gasteiger partial charge in [-0.05, 0) is 75.8 Å². The molecule has 0 radical (unpaired) electrons. The lowest BCUT2D eigenvalue weighted by Crippen LogP contribution is -2.31. The number of ether oxygens (including phenoxy) is 1. The second-order valence-electron chi connectivity index (χ2n) is 10.3. The standard InChI is InChI=1S/C29H30F2N4O3/c1-16-28(17(2)38-33-16)18-4-11-25-24(14-18)32-29(35(25)19-5-8-21(37-3)9-6-19)26-12-13-27(36)34(26)20-7-10-22(30)23(31)15-20/h4,7,10-11,14-15,19,21,26H,5-6,8-9,12-13H2,1-3H3/t19-,21+,26-/m0/s1. The first kappa shape index (κ1) is 24.7. The smallest absolute Gasteiger partial charge is 0.227 e. The summed E-state index contributed by atoms with van der Waals surface area (Å²) in [5.74, 6) is -0.529. The molecule has 0 spiro atoms. The molecule has 4 aromatic rings. The molecule has 1 saturated carbocycles. The molecule has 9 heteroatoms. The molecule has 2 aromatic heterocycles. The zero-order valence-electron chi connectivity index (χ0n) is 21.7. The molecule has 0 N–H and O–H groups in total. The Labute approximate surface area is 219 Å². The van der Waals surface area contributed by atoms with Crippen LogP contribution < -0.4 is 4.90 Å². The average Bonchev–Trinajstić information content (AvgIpc) is 3.59. The number of hydrogen-bond donors (Lipinski definition) is 0. The number of anilines is 1. The van der Waals surface area contributed by atoms with E-state index in [9.17, 15) is 13.6 Å². The fourth-order valence-corrected chi connectivity index (χ4v) is 6.21. The number of aromatic nitrogens is 3. The van der Waals surface area contributed by atoms with E-state index in [0.717, 1.165) is 77.3 Å². The van der Waals surface area contributed by atoms with Crippen molar-refractivity contribution in [3.63, 3.8) is 0 Å². The van der Waals surface area contributed by atoms with Crippen LogP contribution in [0.2, 0.25) is 0 Å². The lowest BCUT2D eigenvalue weighted by molar-refractivity contribution is -0.117. The Kier molecular flexibility index (Phi) is 6.26. The van der Waals surface area contributed by atoms with E-state index < -0.39 is 11.6 Å². The molecule has 1 atom stereocenters. The van der Waals surface area contributed by atoms with Gasteiger partial charge in [-0.15, -0.1) is 0 Å². The third kappa shape index (κ3) is 4.09. The fraction of sp³-hybridized carbons (Fsp3) is 0.414. The summed E-state index contributed by atoms with van der Waals surface area (Å²) in [4.78, 5) is 19.8. The van der Waals surface area contributed by atoms with Gasteiger partial charge in [0, 0.05) is 36.9 Å². The first-order valence-corrected chi connectivity index (χ1v) is 13.1. The maximum absolute atomic E-state index is 14.2. The minimum atomic E-state index is -0.976. The van der Waals surface area contributed by atoms with Gasteiger partial charge in [-0.2, -0.15) is 0 Å². The van der Waals surface area contributed by atoms with Crippen LogP contribution in [-0.2, 0) is 9.53 Å². The number of aryl methyl sites for hydroxylation is 2. The summed E-state index contributed by atoms with van der Waals surface area (Å²) in [5.41, 5.74) is 4.87. The van der Waals surface area contributed by atoms with Crippen molar-refractivity contribution in [2.24, 2.45) is 0 Å². The topological polar surface area (TPSA) is 73.4 Å². The zero-order valence-corrected chi connectivity index (χ0v) is 21.7. The van der Waals surface area contributed by atoms with Gasteiger partial charge in [-0.1, -0.05) is 11.2 Å². The van der Waals surface area contributed by atoms with Crippen molar-refractivity contribution in [1.82, 2.24) is 14.7 Å². The number of rotatable bonds is 5. The second kappa shape index (κ2) is 9.62. The monoisotopic (exact) mass is 520 g/mol. The normalized spacial score (nSPS) is 22.1. The molecule has 1 aliphatic heterocycles. The van der Waals surface area contributed by atoms with E-state index in [1.54, 1.807) is 12.0 Å². The molecule has 38 heavy (non-hydrogen) atoms. The van der Waals surface area contributed by atoms with Crippen LogP contribution in [0.1, 0.15) is 67.9 Å². The van der Waals surface area contributed by atoms with Crippen molar-refractivity contribution >= 4 is 22.6 Å². The zero-order chi connectivity index (χ0) is 26.6. The molecule has 2 fully saturated rings. The van der Waals surface area contributed by atoms with Crippen LogP contribution in [0.25, 0.3) is 22.2 Å². The van der Waals surface area contributed by atoms with Gasteiger partial charge in [0.2, 0.25) is 5.91 Å². The lowest BCUT2D eigenvalue weighted by atomic mass is 9.92. The third-order valence-electron chi connectivity index (χ3n) is 8.07. The Morgan fingerprint density at radius 2 is 1.79 bits per heavy atom. The third-order valence-corrected chi connectivity index (χ3v) is 8.07. The maximum atomic E-state index is 14.2. The van der Waals surface area contributed by atoms with Gasteiger partial charge in [0.25, 0.3) is 0 Å². The lowest BCUT2D eigenvalue weighted by Gasteiger charge is -2.32. The van der Waals surface area contributed by atoms with Crippen molar-refractivity contribution < 1.29 is 22.8 Å². The Morgan fingerprint density at radius 3 is 2.47 bits per heavy atom. The molecular formula is C29H30F2N4O3. The summed E-state index contributed by atoms with van der Waals surface area (Å²) in [6.45, 7) is 3.81. The van der Waals surface area contributed by atoms with Crippen LogP contribution in [0.5, 0.6) is 0 Å². The number of amides is 1. The van der Waals surface area contributed by atoms with E-state index in [1.807, 2.05) is 19.9 Å². The van der Waals surface area contributed by atoms with Crippen LogP contribution in [0, 0.1) is 25.5 Å². The summed E-state index contributed by atoms with van der Waals surface area (Å²) in [6.07, 6.45) is 4.83. The minimum absolute atomic E-state index is 0.126. The Morgan fingerprint density at radius 1 is 1.00 bits per heavy atom. The van der Waals surface area contributed by atoms with Gasteiger partial charge in [0.1, 0.15) is 11.6 Å². The van der Waals surface area contributed by atoms with Crippen molar-refractivity contribution in [3.05, 3.63) is 65.3 Å². The molecule has 2 aliphatic rings. The van der Waals surface area contributed by atoms with Crippen molar-refractivity contribution in [2.75, 3.05) is 12.0 Å². The van der Waals surface area contributed by atoms with Gasteiger partial charge in [0.15, 0.2) is 11.6 Å². The molecular weight excluding hydrogens is 490 g/mol. The van der Waals surface area contributed by atoms with Crippen LogP contribution in [0.15, 0.2) is 40.9 Å². The van der Waals surface area contributed by atoms with E-state index >= 15 is 0 Å². The first-order chi connectivity index (χ1) is 18.4. The summed E-state index contributed by atoms with van der Waals surface area (Å²) in [7, 11) is 1.75. The fourth-order valence-electron chi connectivity index (χ4n) is 6.21. The largest absolute Gasteiger partial charge is 0.381 e. The number of carbonyl (C=O) groups excluding carboxylic acids is 1. The van der Waals surface area contributed by atoms with E-state index in [1.165, 1.54) is 6.07 Å². The molecule has 1 saturated heterocycles. The summed E-state index contributed by atoms with van der Waals surface area (Å²) in [5, 5.41) is 4.10. The molecule has 1 amide bonds. The molecule has 6 rings (SSSR count). The first-order valence-electron chi connectivity index (χ1n) is 13.1. The average molecular weight is 521 g/mol. The van der Waals surface area contributed by atoms with Crippen LogP contribution in [-0.4, -0.2) is 33.8 Å². The molecule has 1 aliphatic carbocycles. The van der Waals surface area contributed by atoms with Gasteiger partial charge in [-0.3, -0.25) is 4.79 Å². The molecule has 2 aromatic carbocycles. The molecule has 7 nitrogen and oxygen atoms in total. The molecule has 0 bridgehead atoms. The summed E-state index contributed by atoms with van der Waals surface area (Å²) in [6, 6.07) is 9.60. The van der Waals surface area contributed by atoms with Crippen LogP contribution in [0.3, 0.4) is 0 Å². The number of hydrogen-bond acceptors (Lipinski definition) is 5. The number of halogens is 2. The molecule has 198 valence electrons. The van der Waals surface area contributed by atoms with E-state index in [0.29, 0.717) is 18.5 Å². The number of fused-ring (bicyclic) bond motifs is 1.